The van der Waals surface area contributed by atoms with Crippen molar-refractivity contribution in [2.45, 2.75) is 6.92 Å². The van der Waals surface area contributed by atoms with Gasteiger partial charge in [0.25, 0.3) is 5.91 Å². The molecule has 2 rings (SSSR count). The fourth-order valence-corrected chi connectivity index (χ4v) is 2.84. The number of amides is 1. The van der Waals surface area contributed by atoms with Crippen LogP contribution in [0.1, 0.15) is 17.3 Å². The molecule has 0 radical (unpaired) electrons. The molecule has 1 N–H and O–H groups in total. The monoisotopic (exact) mass is 445 g/mol. The van der Waals surface area contributed by atoms with Gasteiger partial charge in [-0.1, -0.05) is 22.0 Å². The van der Waals surface area contributed by atoms with E-state index in [1.807, 2.05) is 31.2 Å². The summed E-state index contributed by atoms with van der Waals surface area (Å²) in [5, 5.41) is 9.56. The van der Waals surface area contributed by atoms with E-state index in [4.69, 9.17) is 0 Å². The maximum Gasteiger partial charge on any atom is 0.259 e. The number of phenols is 1. The van der Waals surface area contributed by atoms with Crippen LogP contribution in [0, 0.1) is 3.57 Å². The molecule has 0 aromatic heterocycles. The van der Waals surface area contributed by atoms with Gasteiger partial charge < -0.3 is 10.0 Å². The maximum atomic E-state index is 12.7. The SMILES string of the molecule is CCN(C(=O)c1cc(Br)ccc1I)c1cccc(O)c1. The minimum Gasteiger partial charge on any atom is -0.508 e. The van der Waals surface area contributed by atoms with Crippen LogP contribution in [-0.4, -0.2) is 17.6 Å². The third-order valence-electron chi connectivity index (χ3n) is 2.86. The molecule has 104 valence electrons. The second-order valence-electron chi connectivity index (χ2n) is 4.19. The van der Waals surface area contributed by atoms with Gasteiger partial charge in [-0.25, -0.2) is 0 Å². The number of carbonyl (C=O) groups is 1. The first-order valence-electron chi connectivity index (χ1n) is 6.09. The molecular formula is C15H13BrINO2. The van der Waals surface area contributed by atoms with Crippen molar-refractivity contribution in [2.75, 3.05) is 11.4 Å². The number of rotatable bonds is 3. The minimum absolute atomic E-state index is 0.0798. The van der Waals surface area contributed by atoms with Gasteiger partial charge in [0, 0.05) is 26.3 Å². The molecular weight excluding hydrogens is 433 g/mol. The van der Waals surface area contributed by atoms with Crippen LogP contribution < -0.4 is 4.90 Å². The average molecular weight is 446 g/mol. The van der Waals surface area contributed by atoms with Gasteiger partial charge in [-0.15, -0.1) is 0 Å². The minimum atomic E-state index is -0.0798. The summed E-state index contributed by atoms with van der Waals surface area (Å²) in [6.45, 7) is 2.44. The zero-order valence-electron chi connectivity index (χ0n) is 10.8. The summed E-state index contributed by atoms with van der Waals surface area (Å²) in [6.07, 6.45) is 0. The highest BCUT2D eigenvalue weighted by Gasteiger charge is 2.19. The topological polar surface area (TPSA) is 40.5 Å². The van der Waals surface area contributed by atoms with Crippen LogP contribution in [0.25, 0.3) is 0 Å². The van der Waals surface area contributed by atoms with Gasteiger partial charge in [0.15, 0.2) is 0 Å². The van der Waals surface area contributed by atoms with E-state index in [9.17, 15) is 9.90 Å². The lowest BCUT2D eigenvalue weighted by Gasteiger charge is -2.22. The van der Waals surface area contributed by atoms with Crippen molar-refractivity contribution in [1.29, 1.82) is 0 Å². The Morgan fingerprint density at radius 1 is 1.30 bits per heavy atom. The molecule has 0 aliphatic carbocycles. The first-order chi connectivity index (χ1) is 9.52. The van der Waals surface area contributed by atoms with Gasteiger partial charge in [0.2, 0.25) is 0 Å². The van der Waals surface area contributed by atoms with Gasteiger partial charge in [-0.3, -0.25) is 4.79 Å². The number of nitrogens with zero attached hydrogens (tertiary/aromatic N) is 1. The average Bonchev–Trinajstić information content (AvgIpc) is 2.42. The van der Waals surface area contributed by atoms with Gasteiger partial charge >= 0.3 is 0 Å². The Bertz CT molecular complexity index is 646. The van der Waals surface area contributed by atoms with Crippen LogP contribution in [0.4, 0.5) is 5.69 Å². The summed E-state index contributed by atoms with van der Waals surface area (Å²) in [5.41, 5.74) is 1.33. The highest BCUT2D eigenvalue weighted by molar-refractivity contribution is 14.1. The van der Waals surface area contributed by atoms with Gasteiger partial charge in [0.1, 0.15) is 5.75 Å². The molecule has 0 saturated heterocycles. The number of anilines is 1. The van der Waals surface area contributed by atoms with Crippen LogP contribution in [0.15, 0.2) is 46.9 Å². The fraction of sp³-hybridized carbons (Fsp3) is 0.133. The summed E-state index contributed by atoms with van der Waals surface area (Å²) >= 11 is 5.54. The summed E-state index contributed by atoms with van der Waals surface area (Å²) in [5.74, 6) is 0.0708. The van der Waals surface area contributed by atoms with Crippen molar-refractivity contribution in [3.8, 4) is 5.75 Å². The lowest BCUT2D eigenvalue weighted by molar-refractivity contribution is 0.0987. The van der Waals surface area contributed by atoms with Crippen molar-refractivity contribution in [1.82, 2.24) is 0 Å². The molecule has 0 atom stereocenters. The lowest BCUT2D eigenvalue weighted by atomic mass is 10.1. The summed E-state index contributed by atoms with van der Waals surface area (Å²) < 4.78 is 1.77. The molecule has 2 aromatic carbocycles. The third-order valence-corrected chi connectivity index (χ3v) is 4.30. The molecule has 1 amide bonds. The highest BCUT2D eigenvalue weighted by Crippen LogP contribution is 2.25. The Labute approximate surface area is 139 Å². The summed E-state index contributed by atoms with van der Waals surface area (Å²) in [6, 6.07) is 12.3. The van der Waals surface area contributed by atoms with E-state index in [-0.39, 0.29) is 11.7 Å². The molecule has 0 spiro atoms. The van der Waals surface area contributed by atoms with Crippen molar-refractivity contribution in [3.05, 3.63) is 56.1 Å². The predicted molar refractivity (Wildman–Crippen MR) is 92.3 cm³/mol. The molecule has 0 aliphatic rings. The van der Waals surface area contributed by atoms with Crippen LogP contribution in [0.5, 0.6) is 5.75 Å². The highest BCUT2D eigenvalue weighted by atomic mass is 127. The maximum absolute atomic E-state index is 12.7. The van der Waals surface area contributed by atoms with Crippen molar-refractivity contribution < 1.29 is 9.90 Å². The number of hydrogen-bond acceptors (Lipinski definition) is 2. The van der Waals surface area contributed by atoms with Crippen molar-refractivity contribution >= 4 is 50.1 Å². The second kappa shape index (κ2) is 6.58. The molecule has 3 nitrogen and oxygen atoms in total. The second-order valence-corrected chi connectivity index (χ2v) is 6.27. The van der Waals surface area contributed by atoms with E-state index >= 15 is 0 Å². The van der Waals surface area contributed by atoms with Crippen molar-refractivity contribution in [3.63, 3.8) is 0 Å². The van der Waals surface area contributed by atoms with Crippen LogP contribution in [-0.2, 0) is 0 Å². The molecule has 0 unspecified atom stereocenters. The Hall–Kier alpha value is -1.08. The molecule has 0 aliphatic heterocycles. The summed E-state index contributed by atoms with van der Waals surface area (Å²) in [7, 11) is 0. The largest absolute Gasteiger partial charge is 0.508 e. The van der Waals surface area contributed by atoms with Crippen molar-refractivity contribution in [2.24, 2.45) is 0 Å². The molecule has 5 heteroatoms. The normalized spacial score (nSPS) is 10.3. The number of aromatic hydroxyl groups is 1. The Morgan fingerprint density at radius 2 is 2.05 bits per heavy atom. The molecule has 2 aromatic rings. The zero-order valence-corrected chi connectivity index (χ0v) is 14.6. The number of hydrogen-bond donors (Lipinski definition) is 1. The number of benzene rings is 2. The first kappa shape index (κ1) is 15.3. The molecule has 20 heavy (non-hydrogen) atoms. The number of carbonyl (C=O) groups excluding carboxylic acids is 1. The van der Waals surface area contributed by atoms with Gasteiger partial charge in [-0.05, 0) is 59.8 Å². The standard InChI is InChI=1S/C15H13BrINO2/c1-2-18(11-4-3-5-12(19)9-11)15(20)13-8-10(16)6-7-14(13)17/h3-9,19H,2H2,1H3. The van der Waals surface area contributed by atoms with E-state index in [0.29, 0.717) is 17.8 Å². The molecule has 0 bridgehead atoms. The number of phenolic OH excluding ortho intramolecular Hbond substituents is 1. The first-order valence-corrected chi connectivity index (χ1v) is 7.96. The Morgan fingerprint density at radius 3 is 2.70 bits per heavy atom. The van der Waals surface area contributed by atoms with E-state index in [2.05, 4.69) is 38.5 Å². The third kappa shape index (κ3) is 3.32. The summed E-state index contributed by atoms with van der Waals surface area (Å²) in [4.78, 5) is 14.3. The van der Waals surface area contributed by atoms with Gasteiger partial charge in [-0.2, -0.15) is 0 Å². The van der Waals surface area contributed by atoms with Crippen LogP contribution in [0.3, 0.4) is 0 Å². The molecule has 0 saturated carbocycles. The lowest BCUT2D eigenvalue weighted by Crippen LogP contribution is -2.31. The van der Waals surface area contributed by atoms with E-state index in [1.54, 1.807) is 23.1 Å². The van der Waals surface area contributed by atoms with E-state index < -0.39 is 0 Å². The molecule has 0 fully saturated rings. The van der Waals surface area contributed by atoms with Crippen LogP contribution >= 0.6 is 38.5 Å². The zero-order chi connectivity index (χ0) is 14.7. The van der Waals surface area contributed by atoms with E-state index in [0.717, 1.165) is 8.04 Å². The quantitative estimate of drug-likeness (QED) is 0.710. The predicted octanol–water partition coefficient (Wildman–Crippen LogP) is 4.43. The Kier molecular flexibility index (Phi) is 5.04. The molecule has 0 heterocycles. The number of halogens is 2. The smallest absolute Gasteiger partial charge is 0.259 e. The fourth-order valence-electron chi connectivity index (χ4n) is 1.91. The van der Waals surface area contributed by atoms with Gasteiger partial charge in [0.05, 0.1) is 5.56 Å². The van der Waals surface area contributed by atoms with Crippen LogP contribution in [0.2, 0.25) is 0 Å². The van der Waals surface area contributed by atoms with E-state index in [1.165, 1.54) is 0 Å². The Balaban J connectivity index is 2.41.